The Labute approximate surface area is 171 Å². The van der Waals surface area contributed by atoms with E-state index >= 15 is 0 Å². The van der Waals surface area contributed by atoms with Gasteiger partial charge in [-0.2, -0.15) is 4.31 Å². The summed E-state index contributed by atoms with van der Waals surface area (Å²) in [6.07, 6.45) is 0.749. The van der Waals surface area contributed by atoms with Crippen molar-refractivity contribution in [1.82, 2.24) is 4.31 Å². The highest BCUT2D eigenvalue weighted by Gasteiger charge is 2.32. The number of benzene rings is 2. The molecule has 0 aromatic heterocycles. The highest BCUT2D eigenvalue weighted by molar-refractivity contribution is 9.10. The van der Waals surface area contributed by atoms with Crippen LogP contribution in [0.4, 0.5) is 10.1 Å². The van der Waals surface area contributed by atoms with Crippen molar-refractivity contribution < 1.29 is 22.3 Å². The molecule has 28 heavy (non-hydrogen) atoms. The van der Waals surface area contributed by atoms with E-state index in [1.165, 1.54) is 35.7 Å². The van der Waals surface area contributed by atoms with Crippen molar-refractivity contribution in [3.8, 4) is 5.75 Å². The predicted molar refractivity (Wildman–Crippen MR) is 107 cm³/mol. The fourth-order valence-corrected chi connectivity index (χ4v) is 4.88. The molecule has 150 valence electrons. The predicted octanol–water partition coefficient (Wildman–Crippen LogP) is 3.64. The molecule has 1 N–H and O–H groups in total. The monoisotopic (exact) mass is 470 g/mol. The van der Waals surface area contributed by atoms with Crippen LogP contribution in [0, 0.1) is 11.7 Å². The number of sulfonamides is 1. The molecule has 0 bridgehead atoms. The Bertz CT molecular complexity index is 958. The number of methoxy groups -OCH3 is 1. The third kappa shape index (κ3) is 4.53. The SMILES string of the molecule is COc1ccc(S(=O)(=O)N2CCC(C(=O)Nc3ccc(Br)cc3F)CC2)cc1. The highest BCUT2D eigenvalue weighted by Crippen LogP contribution is 2.27. The number of carbonyl (C=O) groups is 1. The van der Waals surface area contributed by atoms with Crippen molar-refractivity contribution in [2.45, 2.75) is 17.7 Å². The van der Waals surface area contributed by atoms with Crippen LogP contribution >= 0.6 is 15.9 Å². The van der Waals surface area contributed by atoms with Crippen LogP contribution < -0.4 is 10.1 Å². The summed E-state index contributed by atoms with van der Waals surface area (Å²) in [5.74, 6) is -0.621. The van der Waals surface area contributed by atoms with Gasteiger partial charge < -0.3 is 10.1 Å². The van der Waals surface area contributed by atoms with E-state index in [-0.39, 0.29) is 35.5 Å². The number of rotatable bonds is 5. The molecule has 0 aliphatic carbocycles. The molecule has 1 amide bonds. The lowest BCUT2D eigenvalue weighted by Gasteiger charge is -2.30. The second-order valence-corrected chi connectivity index (χ2v) is 9.32. The molecule has 1 aliphatic rings. The number of nitrogens with one attached hydrogen (secondary N) is 1. The molecule has 0 unspecified atom stereocenters. The van der Waals surface area contributed by atoms with Crippen LogP contribution in [-0.4, -0.2) is 38.8 Å². The third-order valence-corrected chi connectivity index (χ3v) is 7.12. The molecular formula is C19H20BrFN2O4S. The minimum Gasteiger partial charge on any atom is -0.497 e. The van der Waals surface area contributed by atoms with Gasteiger partial charge in [-0.25, -0.2) is 12.8 Å². The third-order valence-electron chi connectivity index (χ3n) is 4.71. The number of amides is 1. The fourth-order valence-electron chi connectivity index (χ4n) is 3.08. The van der Waals surface area contributed by atoms with E-state index in [1.807, 2.05) is 0 Å². The maximum absolute atomic E-state index is 13.9. The van der Waals surface area contributed by atoms with Crippen molar-refractivity contribution in [1.29, 1.82) is 0 Å². The molecule has 0 atom stereocenters. The standard InChI is InChI=1S/C19H20BrFN2O4S/c1-27-15-3-5-16(6-4-15)28(25,26)23-10-8-13(9-11-23)19(24)22-18-7-2-14(20)12-17(18)21/h2-7,12-13H,8-11H2,1H3,(H,22,24). The Balaban J connectivity index is 1.62. The van der Waals surface area contributed by atoms with Gasteiger partial charge in [0.25, 0.3) is 0 Å². The molecule has 0 spiro atoms. The number of anilines is 1. The Morgan fingerprint density at radius 3 is 2.39 bits per heavy atom. The van der Waals surface area contributed by atoms with E-state index in [4.69, 9.17) is 4.74 Å². The van der Waals surface area contributed by atoms with E-state index in [0.29, 0.717) is 23.1 Å². The molecule has 1 aliphatic heterocycles. The number of carbonyl (C=O) groups excluding carboxylic acids is 1. The molecule has 0 saturated carbocycles. The molecule has 9 heteroatoms. The highest BCUT2D eigenvalue weighted by atomic mass is 79.9. The summed E-state index contributed by atoms with van der Waals surface area (Å²) in [5.41, 5.74) is 0.112. The first-order valence-electron chi connectivity index (χ1n) is 8.71. The molecule has 1 heterocycles. The van der Waals surface area contributed by atoms with E-state index in [0.717, 1.165) is 0 Å². The molecule has 0 radical (unpaired) electrons. The molecule has 2 aromatic rings. The zero-order valence-electron chi connectivity index (χ0n) is 15.2. The summed E-state index contributed by atoms with van der Waals surface area (Å²) in [5, 5.41) is 2.59. The second kappa shape index (κ2) is 8.59. The van der Waals surface area contributed by atoms with Gasteiger partial charge >= 0.3 is 0 Å². The van der Waals surface area contributed by atoms with Crippen LogP contribution in [0.2, 0.25) is 0 Å². The first-order valence-corrected chi connectivity index (χ1v) is 10.9. The summed E-state index contributed by atoms with van der Waals surface area (Å²) >= 11 is 3.17. The van der Waals surface area contributed by atoms with Crippen molar-refractivity contribution in [3.05, 3.63) is 52.8 Å². The molecular weight excluding hydrogens is 451 g/mol. The van der Waals surface area contributed by atoms with Gasteiger partial charge in [0.1, 0.15) is 11.6 Å². The Kier molecular flexibility index (Phi) is 6.36. The Morgan fingerprint density at radius 1 is 1.18 bits per heavy atom. The average molecular weight is 471 g/mol. The lowest BCUT2D eigenvalue weighted by molar-refractivity contribution is -0.120. The maximum Gasteiger partial charge on any atom is 0.243 e. The van der Waals surface area contributed by atoms with Crippen molar-refractivity contribution in [3.63, 3.8) is 0 Å². The lowest BCUT2D eigenvalue weighted by Crippen LogP contribution is -2.41. The molecule has 6 nitrogen and oxygen atoms in total. The van der Waals surface area contributed by atoms with Crippen molar-refractivity contribution in [2.75, 3.05) is 25.5 Å². The average Bonchev–Trinajstić information content (AvgIpc) is 2.70. The number of hydrogen-bond acceptors (Lipinski definition) is 4. The van der Waals surface area contributed by atoms with E-state index in [1.54, 1.807) is 18.2 Å². The molecule has 3 rings (SSSR count). The zero-order chi connectivity index (χ0) is 20.3. The summed E-state index contributed by atoms with van der Waals surface area (Å²) in [4.78, 5) is 12.6. The van der Waals surface area contributed by atoms with Crippen LogP contribution in [0.25, 0.3) is 0 Å². The lowest BCUT2D eigenvalue weighted by atomic mass is 9.97. The Morgan fingerprint density at radius 2 is 1.82 bits per heavy atom. The van der Waals surface area contributed by atoms with Gasteiger partial charge in [0.05, 0.1) is 17.7 Å². The minimum absolute atomic E-state index is 0.112. The largest absolute Gasteiger partial charge is 0.497 e. The van der Waals surface area contributed by atoms with E-state index < -0.39 is 15.8 Å². The summed E-state index contributed by atoms with van der Waals surface area (Å²) in [6.45, 7) is 0.463. The number of ether oxygens (including phenoxy) is 1. The van der Waals surface area contributed by atoms with Gasteiger partial charge in [-0.05, 0) is 55.3 Å². The van der Waals surface area contributed by atoms with Gasteiger partial charge in [0.15, 0.2) is 0 Å². The minimum atomic E-state index is -3.63. The number of piperidine rings is 1. The van der Waals surface area contributed by atoms with Crippen LogP contribution in [0.5, 0.6) is 5.75 Å². The van der Waals surface area contributed by atoms with E-state index in [9.17, 15) is 17.6 Å². The first-order chi connectivity index (χ1) is 13.3. The fraction of sp³-hybridized carbons (Fsp3) is 0.316. The first kappa shape index (κ1) is 20.8. The van der Waals surface area contributed by atoms with E-state index in [2.05, 4.69) is 21.2 Å². The van der Waals surface area contributed by atoms with Gasteiger partial charge in [0, 0.05) is 23.5 Å². The zero-order valence-corrected chi connectivity index (χ0v) is 17.6. The molecule has 1 fully saturated rings. The number of hydrogen-bond donors (Lipinski definition) is 1. The number of nitrogens with zero attached hydrogens (tertiary/aromatic N) is 1. The smallest absolute Gasteiger partial charge is 0.243 e. The topological polar surface area (TPSA) is 75.7 Å². The Hall–Kier alpha value is -1.97. The maximum atomic E-state index is 13.9. The normalized spacial score (nSPS) is 16.0. The second-order valence-electron chi connectivity index (χ2n) is 6.47. The van der Waals surface area contributed by atoms with Crippen molar-refractivity contribution >= 4 is 37.5 Å². The van der Waals surface area contributed by atoms with Crippen LogP contribution in [0.15, 0.2) is 51.8 Å². The molecule has 2 aromatic carbocycles. The van der Waals surface area contributed by atoms with Gasteiger partial charge in [0.2, 0.25) is 15.9 Å². The van der Waals surface area contributed by atoms with Crippen LogP contribution in [0.1, 0.15) is 12.8 Å². The summed E-state index contributed by atoms with van der Waals surface area (Å²) in [6, 6.07) is 10.6. The summed E-state index contributed by atoms with van der Waals surface area (Å²) in [7, 11) is -2.11. The summed E-state index contributed by atoms with van der Waals surface area (Å²) < 4.78 is 46.4. The number of halogens is 2. The van der Waals surface area contributed by atoms with Gasteiger partial charge in [-0.1, -0.05) is 15.9 Å². The molecule has 1 saturated heterocycles. The van der Waals surface area contributed by atoms with Crippen LogP contribution in [-0.2, 0) is 14.8 Å². The van der Waals surface area contributed by atoms with Crippen LogP contribution in [0.3, 0.4) is 0 Å². The van der Waals surface area contributed by atoms with Crippen molar-refractivity contribution in [2.24, 2.45) is 5.92 Å². The van der Waals surface area contributed by atoms with Gasteiger partial charge in [-0.3, -0.25) is 4.79 Å². The quantitative estimate of drug-likeness (QED) is 0.723. The van der Waals surface area contributed by atoms with Gasteiger partial charge in [-0.15, -0.1) is 0 Å².